The zero-order valence-corrected chi connectivity index (χ0v) is 11.8. The fraction of sp³-hybridized carbons (Fsp3) is 0.368. The minimum atomic E-state index is 0.212. The number of allylic oxidation sites excluding steroid dienone is 1. The zero-order chi connectivity index (χ0) is 13.8. The van der Waals surface area contributed by atoms with Gasteiger partial charge in [-0.15, -0.1) is 6.58 Å². The van der Waals surface area contributed by atoms with Crippen molar-refractivity contribution >= 4 is 0 Å². The highest BCUT2D eigenvalue weighted by molar-refractivity contribution is 5.34. The monoisotopic (exact) mass is 250 g/mol. The largest absolute Gasteiger partial charge is 0.103 e. The lowest BCUT2D eigenvalue weighted by molar-refractivity contribution is 0.737. The molecule has 0 bridgehead atoms. The van der Waals surface area contributed by atoms with E-state index in [0.29, 0.717) is 0 Å². The van der Waals surface area contributed by atoms with Gasteiger partial charge >= 0.3 is 0 Å². The third kappa shape index (κ3) is 6.54. The van der Waals surface area contributed by atoms with E-state index in [-0.39, 0.29) is 5.92 Å². The molecule has 1 aromatic rings. The highest BCUT2D eigenvalue weighted by atomic mass is 14.1. The van der Waals surface area contributed by atoms with Crippen molar-refractivity contribution in [2.24, 2.45) is 0 Å². The normalized spacial score (nSPS) is 10.6. The van der Waals surface area contributed by atoms with E-state index < -0.39 is 0 Å². The quantitative estimate of drug-likeness (QED) is 0.381. The summed E-state index contributed by atoms with van der Waals surface area (Å²) < 4.78 is 0. The van der Waals surface area contributed by atoms with Gasteiger partial charge in [-0.2, -0.15) is 0 Å². The number of unbranched alkanes of at least 4 members (excludes halogenated alkanes) is 3. The molecule has 98 valence electrons. The van der Waals surface area contributed by atoms with E-state index in [2.05, 4.69) is 49.3 Å². The molecule has 0 spiro atoms. The predicted octanol–water partition coefficient (Wildman–Crippen LogP) is 4.93. The molecule has 0 aliphatic heterocycles. The van der Waals surface area contributed by atoms with E-state index in [9.17, 15) is 0 Å². The lowest BCUT2D eigenvalue weighted by Gasteiger charge is -2.07. The molecule has 0 aliphatic rings. The SMILES string of the molecule is C=CCC(C#CC#CCCCCC)c1ccccc1. The van der Waals surface area contributed by atoms with E-state index in [0.717, 1.165) is 12.8 Å². The highest BCUT2D eigenvalue weighted by Crippen LogP contribution is 2.18. The van der Waals surface area contributed by atoms with Crippen LogP contribution in [0.25, 0.3) is 0 Å². The second-order valence-corrected chi connectivity index (χ2v) is 4.52. The minimum absolute atomic E-state index is 0.212. The second kappa shape index (κ2) is 10.0. The lowest BCUT2D eigenvalue weighted by Crippen LogP contribution is -1.93. The Morgan fingerprint density at radius 3 is 2.63 bits per heavy atom. The Morgan fingerprint density at radius 1 is 1.16 bits per heavy atom. The van der Waals surface area contributed by atoms with Crippen LogP contribution in [0.1, 0.15) is 50.5 Å². The summed E-state index contributed by atoms with van der Waals surface area (Å²) in [4.78, 5) is 0. The summed E-state index contributed by atoms with van der Waals surface area (Å²) in [6, 6.07) is 10.3. The molecule has 0 N–H and O–H groups in total. The van der Waals surface area contributed by atoms with Gasteiger partial charge in [0.15, 0.2) is 0 Å². The predicted molar refractivity (Wildman–Crippen MR) is 83.7 cm³/mol. The Balaban J connectivity index is 2.57. The Kier molecular flexibility index (Phi) is 8.00. The van der Waals surface area contributed by atoms with Crippen LogP contribution in [-0.4, -0.2) is 0 Å². The summed E-state index contributed by atoms with van der Waals surface area (Å²) >= 11 is 0. The first-order valence-electron chi connectivity index (χ1n) is 7.02. The molecule has 0 fully saturated rings. The first-order chi connectivity index (χ1) is 9.38. The van der Waals surface area contributed by atoms with Crippen LogP contribution in [0.2, 0.25) is 0 Å². The van der Waals surface area contributed by atoms with Gasteiger partial charge in [-0.05, 0) is 30.2 Å². The van der Waals surface area contributed by atoms with Crippen molar-refractivity contribution in [2.45, 2.75) is 44.9 Å². The van der Waals surface area contributed by atoms with Gasteiger partial charge < -0.3 is 0 Å². The first-order valence-corrected chi connectivity index (χ1v) is 7.02. The number of rotatable bonds is 6. The van der Waals surface area contributed by atoms with Gasteiger partial charge in [0, 0.05) is 12.3 Å². The molecular weight excluding hydrogens is 228 g/mol. The molecule has 0 aliphatic carbocycles. The van der Waals surface area contributed by atoms with Gasteiger partial charge in [0.2, 0.25) is 0 Å². The van der Waals surface area contributed by atoms with Crippen LogP contribution in [0, 0.1) is 23.7 Å². The van der Waals surface area contributed by atoms with Crippen molar-refractivity contribution in [1.82, 2.24) is 0 Å². The van der Waals surface area contributed by atoms with Gasteiger partial charge in [0.25, 0.3) is 0 Å². The van der Waals surface area contributed by atoms with E-state index in [1.165, 1.54) is 24.8 Å². The van der Waals surface area contributed by atoms with E-state index in [1.54, 1.807) is 0 Å². The molecular formula is C19H22. The first kappa shape index (κ1) is 15.1. The van der Waals surface area contributed by atoms with Crippen molar-refractivity contribution < 1.29 is 0 Å². The van der Waals surface area contributed by atoms with Crippen LogP contribution in [0.3, 0.4) is 0 Å². The molecule has 0 heteroatoms. The van der Waals surface area contributed by atoms with Crippen LogP contribution >= 0.6 is 0 Å². The number of hydrogen-bond donors (Lipinski definition) is 0. The van der Waals surface area contributed by atoms with Crippen LogP contribution in [-0.2, 0) is 0 Å². The Morgan fingerprint density at radius 2 is 1.95 bits per heavy atom. The third-order valence-electron chi connectivity index (χ3n) is 2.91. The van der Waals surface area contributed by atoms with Crippen LogP contribution in [0.5, 0.6) is 0 Å². The smallest absolute Gasteiger partial charge is 0.0496 e. The van der Waals surface area contributed by atoms with Crippen LogP contribution in [0.4, 0.5) is 0 Å². The summed E-state index contributed by atoms with van der Waals surface area (Å²) in [5.74, 6) is 12.5. The van der Waals surface area contributed by atoms with Gasteiger partial charge in [-0.3, -0.25) is 0 Å². The van der Waals surface area contributed by atoms with Crippen molar-refractivity contribution in [1.29, 1.82) is 0 Å². The summed E-state index contributed by atoms with van der Waals surface area (Å²) in [5, 5.41) is 0. The van der Waals surface area contributed by atoms with Crippen molar-refractivity contribution in [3.05, 3.63) is 48.6 Å². The molecule has 19 heavy (non-hydrogen) atoms. The Bertz CT molecular complexity index is 474. The molecule has 0 radical (unpaired) electrons. The summed E-state index contributed by atoms with van der Waals surface area (Å²) in [6.07, 6.45) is 7.42. The molecule has 0 amide bonds. The maximum Gasteiger partial charge on any atom is 0.0496 e. The molecule has 1 rings (SSSR count). The van der Waals surface area contributed by atoms with E-state index in [4.69, 9.17) is 0 Å². The fourth-order valence-electron chi connectivity index (χ4n) is 1.82. The average Bonchev–Trinajstić information content (AvgIpc) is 2.46. The maximum absolute atomic E-state index is 3.80. The third-order valence-corrected chi connectivity index (χ3v) is 2.91. The second-order valence-electron chi connectivity index (χ2n) is 4.52. The van der Waals surface area contributed by atoms with Crippen molar-refractivity contribution in [3.63, 3.8) is 0 Å². The average molecular weight is 250 g/mol. The fourth-order valence-corrected chi connectivity index (χ4v) is 1.82. The van der Waals surface area contributed by atoms with Crippen molar-refractivity contribution in [3.8, 4) is 23.7 Å². The Hall–Kier alpha value is -1.92. The summed E-state index contributed by atoms with van der Waals surface area (Å²) in [7, 11) is 0. The van der Waals surface area contributed by atoms with Crippen LogP contribution in [0.15, 0.2) is 43.0 Å². The molecule has 0 nitrogen and oxygen atoms in total. The minimum Gasteiger partial charge on any atom is -0.103 e. The highest BCUT2D eigenvalue weighted by Gasteiger charge is 2.04. The van der Waals surface area contributed by atoms with Crippen LogP contribution < -0.4 is 0 Å². The van der Waals surface area contributed by atoms with E-state index in [1.807, 2.05) is 24.3 Å². The topological polar surface area (TPSA) is 0 Å². The number of benzene rings is 1. The zero-order valence-electron chi connectivity index (χ0n) is 11.8. The van der Waals surface area contributed by atoms with Gasteiger partial charge in [0.05, 0.1) is 0 Å². The molecule has 1 aromatic carbocycles. The molecule has 1 unspecified atom stereocenters. The number of hydrogen-bond acceptors (Lipinski definition) is 0. The van der Waals surface area contributed by atoms with E-state index >= 15 is 0 Å². The molecule has 0 saturated heterocycles. The molecule has 0 saturated carbocycles. The maximum atomic E-state index is 3.80. The van der Waals surface area contributed by atoms with Gasteiger partial charge in [-0.1, -0.05) is 68.0 Å². The molecule has 1 atom stereocenters. The molecule has 0 aromatic heterocycles. The lowest BCUT2D eigenvalue weighted by atomic mass is 9.96. The van der Waals surface area contributed by atoms with Gasteiger partial charge in [-0.25, -0.2) is 0 Å². The summed E-state index contributed by atoms with van der Waals surface area (Å²) in [5.41, 5.74) is 1.24. The van der Waals surface area contributed by atoms with Gasteiger partial charge in [0.1, 0.15) is 0 Å². The van der Waals surface area contributed by atoms with Crippen molar-refractivity contribution in [2.75, 3.05) is 0 Å². The summed E-state index contributed by atoms with van der Waals surface area (Å²) in [6.45, 7) is 6.00. The standard InChI is InChI=1S/C19H22/c1-3-5-6-7-8-9-11-15-18(14-4-2)19-16-12-10-13-17-19/h4,10,12-13,16-18H,2-3,5-7,14H2,1H3. The Labute approximate surface area is 117 Å². The molecule has 0 heterocycles.